The molecule has 0 spiro atoms. The smallest absolute Gasteiger partial charge is 0.339 e. The van der Waals surface area contributed by atoms with Crippen molar-refractivity contribution in [3.8, 4) is 0 Å². The Kier molecular flexibility index (Phi) is 5.70. The number of pyridine rings is 1. The highest BCUT2D eigenvalue weighted by Crippen LogP contribution is 2.23. The van der Waals surface area contributed by atoms with Crippen molar-refractivity contribution in [1.82, 2.24) is 9.88 Å². The minimum Gasteiger partial charge on any atom is -0.465 e. The maximum Gasteiger partial charge on any atom is 0.339 e. The molecule has 1 aliphatic rings. The standard InChI is InChI=1S/C16H25N3O2/c1-3-19(15-8-5-13(17)6-9-15)11-14-7-4-12(10-18-14)16(20)21-2/h4,7,10,13,15H,3,5-6,8-9,11,17H2,1-2H3. The monoisotopic (exact) mass is 291 g/mol. The van der Waals surface area contributed by atoms with Gasteiger partial charge in [0.2, 0.25) is 0 Å². The number of rotatable bonds is 5. The molecule has 1 aliphatic carbocycles. The van der Waals surface area contributed by atoms with Crippen LogP contribution in [0.3, 0.4) is 0 Å². The van der Waals surface area contributed by atoms with Crippen molar-refractivity contribution < 1.29 is 9.53 Å². The number of nitrogens with two attached hydrogens (primary N) is 1. The van der Waals surface area contributed by atoms with Crippen LogP contribution >= 0.6 is 0 Å². The third kappa shape index (κ3) is 4.25. The Hall–Kier alpha value is -1.46. The van der Waals surface area contributed by atoms with Gasteiger partial charge in [0.1, 0.15) is 0 Å². The van der Waals surface area contributed by atoms with E-state index in [9.17, 15) is 4.79 Å². The van der Waals surface area contributed by atoms with Crippen LogP contribution in [0.2, 0.25) is 0 Å². The Morgan fingerprint density at radius 1 is 1.38 bits per heavy atom. The topological polar surface area (TPSA) is 68.5 Å². The number of nitrogens with zero attached hydrogens (tertiary/aromatic N) is 2. The highest BCUT2D eigenvalue weighted by molar-refractivity contribution is 5.88. The Bertz CT molecular complexity index is 453. The third-order valence-electron chi connectivity index (χ3n) is 4.27. The molecule has 1 aromatic rings. The van der Waals surface area contributed by atoms with Crippen LogP contribution in [0.4, 0.5) is 0 Å². The molecule has 5 nitrogen and oxygen atoms in total. The molecule has 0 saturated heterocycles. The van der Waals surface area contributed by atoms with Gasteiger partial charge in [0, 0.05) is 24.8 Å². The molecule has 1 fully saturated rings. The van der Waals surface area contributed by atoms with Crippen LogP contribution in [-0.4, -0.2) is 41.6 Å². The quantitative estimate of drug-likeness (QED) is 0.840. The molecule has 0 atom stereocenters. The Morgan fingerprint density at radius 3 is 2.62 bits per heavy atom. The highest BCUT2D eigenvalue weighted by atomic mass is 16.5. The first-order chi connectivity index (χ1) is 10.1. The summed E-state index contributed by atoms with van der Waals surface area (Å²) < 4.78 is 4.68. The molecule has 5 heteroatoms. The number of ether oxygens (including phenoxy) is 1. The number of aromatic nitrogens is 1. The van der Waals surface area contributed by atoms with Crippen molar-refractivity contribution in [1.29, 1.82) is 0 Å². The zero-order valence-electron chi connectivity index (χ0n) is 12.9. The van der Waals surface area contributed by atoms with Crippen LogP contribution in [0.5, 0.6) is 0 Å². The maximum absolute atomic E-state index is 11.4. The summed E-state index contributed by atoms with van der Waals surface area (Å²) in [5.74, 6) is -0.345. The van der Waals surface area contributed by atoms with Gasteiger partial charge in [-0.1, -0.05) is 6.92 Å². The van der Waals surface area contributed by atoms with Gasteiger partial charge < -0.3 is 10.5 Å². The largest absolute Gasteiger partial charge is 0.465 e. The van der Waals surface area contributed by atoms with Crippen molar-refractivity contribution >= 4 is 5.97 Å². The van der Waals surface area contributed by atoms with Crippen LogP contribution < -0.4 is 5.73 Å². The molecule has 116 valence electrons. The summed E-state index contributed by atoms with van der Waals surface area (Å²) >= 11 is 0. The third-order valence-corrected chi connectivity index (χ3v) is 4.27. The first kappa shape index (κ1) is 15.9. The van der Waals surface area contributed by atoms with Crippen LogP contribution in [0, 0.1) is 0 Å². The van der Waals surface area contributed by atoms with Gasteiger partial charge >= 0.3 is 5.97 Å². The van der Waals surface area contributed by atoms with Crippen molar-refractivity contribution in [2.75, 3.05) is 13.7 Å². The molecule has 0 bridgehead atoms. The molecule has 0 aliphatic heterocycles. The van der Waals surface area contributed by atoms with Gasteiger partial charge in [-0.25, -0.2) is 4.79 Å². The summed E-state index contributed by atoms with van der Waals surface area (Å²) in [7, 11) is 1.38. The molecular weight excluding hydrogens is 266 g/mol. The highest BCUT2D eigenvalue weighted by Gasteiger charge is 2.23. The van der Waals surface area contributed by atoms with E-state index in [0.29, 0.717) is 17.6 Å². The van der Waals surface area contributed by atoms with E-state index in [1.807, 2.05) is 6.07 Å². The summed E-state index contributed by atoms with van der Waals surface area (Å²) in [5.41, 5.74) is 7.45. The fourth-order valence-corrected chi connectivity index (χ4v) is 2.93. The maximum atomic E-state index is 11.4. The minimum absolute atomic E-state index is 0.345. The lowest BCUT2D eigenvalue weighted by Crippen LogP contribution is -2.40. The Labute approximate surface area is 126 Å². The van der Waals surface area contributed by atoms with Gasteiger partial charge in [-0.3, -0.25) is 9.88 Å². The van der Waals surface area contributed by atoms with Gasteiger partial charge in [-0.2, -0.15) is 0 Å². The number of hydrogen-bond acceptors (Lipinski definition) is 5. The van der Waals surface area contributed by atoms with E-state index in [1.54, 1.807) is 12.3 Å². The van der Waals surface area contributed by atoms with Gasteiger partial charge in [0.05, 0.1) is 18.4 Å². The molecule has 2 N–H and O–H groups in total. The van der Waals surface area contributed by atoms with Crippen molar-refractivity contribution in [2.45, 2.75) is 51.2 Å². The van der Waals surface area contributed by atoms with Crippen LogP contribution in [0.15, 0.2) is 18.3 Å². The van der Waals surface area contributed by atoms with Gasteiger partial charge in [-0.15, -0.1) is 0 Å². The summed E-state index contributed by atoms with van der Waals surface area (Å²) in [6, 6.07) is 4.65. The van der Waals surface area contributed by atoms with Crippen LogP contribution in [0.1, 0.15) is 48.7 Å². The van der Waals surface area contributed by atoms with Gasteiger partial charge in [0.15, 0.2) is 0 Å². The first-order valence-corrected chi connectivity index (χ1v) is 7.67. The van der Waals surface area contributed by atoms with Crippen molar-refractivity contribution in [2.24, 2.45) is 5.73 Å². The summed E-state index contributed by atoms with van der Waals surface area (Å²) in [4.78, 5) is 18.2. The second kappa shape index (κ2) is 7.52. The SMILES string of the molecule is CCN(Cc1ccc(C(=O)OC)cn1)C1CCC(N)CC1. The molecule has 2 rings (SSSR count). The second-order valence-corrected chi connectivity index (χ2v) is 5.66. The normalized spacial score (nSPS) is 22.3. The summed E-state index contributed by atoms with van der Waals surface area (Å²) in [6.45, 7) is 4.00. The van der Waals surface area contributed by atoms with E-state index in [1.165, 1.54) is 7.11 Å². The van der Waals surface area contributed by atoms with Gasteiger partial charge in [0.25, 0.3) is 0 Å². The number of carbonyl (C=O) groups is 1. The fraction of sp³-hybridized carbons (Fsp3) is 0.625. The second-order valence-electron chi connectivity index (χ2n) is 5.66. The minimum atomic E-state index is -0.345. The number of hydrogen-bond donors (Lipinski definition) is 1. The molecule has 1 heterocycles. The molecule has 0 amide bonds. The lowest BCUT2D eigenvalue weighted by atomic mass is 9.90. The molecule has 21 heavy (non-hydrogen) atoms. The lowest BCUT2D eigenvalue weighted by Gasteiger charge is -2.35. The number of carbonyl (C=O) groups excluding carboxylic acids is 1. The zero-order chi connectivity index (χ0) is 15.2. The van der Waals surface area contributed by atoms with Gasteiger partial charge in [-0.05, 0) is 44.4 Å². The van der Waals surface area contributed by atoms with E-state index in [4.69, 9.17) is 5.73 Å². The van der Waals surface area contributed by atoms with Crippen molar-refractivity contribution in [3.63, 3.8) is 0 Å². The molecule has 0 aromatic carbocycles. The Morgan fingerprint density at radius 2 is 2.10 bits per heavy atom. The summed E-state index contributed by atoms with van der Waals surface area (Å²) in [6.07, 6.45) is 6.13. The van der Waals surface area contributed by atoms with Crippen LogP contribution in [0.25, 0.3) is 0 Å². The lowest BCUT2D eigenvalue weighted by molar-refractivity contribution is 0.0600. The van der Waals surface area contributed by atoms with E-state index in [0.717, 1.165) is 44.5 Å². The van der Waals surface area contributed by atoms with E-state index in [2.05, 4.69) is 21.5 Å². The number of esters is 1. The van der Waals surface area contributed by atoms with E-state index in [-0.39, 0.29) is 5.97 Å². The van der Waals surface area contributed by atoms with Crippen molar-refractivity contribution in [3.05, 3.63) is 29.6 Å². The molecule has 0 unspecified atom stereocenters. The van der Waals surface area contributed by atoms with Crippen LogP contribution in [-0.2, 0) is 11.3 Å². The zero-order valence-corrected chi connectivity index (χ0v) is 12.9. The average Bonchev–Trinajstić information content (AvgIpc) is 2.53. The number of methoxy groups -OCH3 is 1. The Balaban J connectivity index is 1.96. The molecule has 1 aromatic heterocycles. The fourth-order valence-electron chi connectivity index (χ4n) is 2.93. The predicted molar refractivity (Wildman–Crippen MR) is 81.9 cm³/mol. The van der Waals surface area contributed by atoms with E-state index >= 15 is 0 Å². The first-order valence-electron chi connectivity index (χ1n) is 7.67. The van der Waals surface area contributed by atoms with E-state index < -0.39 is 0 Å². The molecule has 1 saturated carbocycles. The molecule has 0 radical (unpaired) electrons. The predicted octanol–water partition coefficient (Wildman–Crippen LogP) is 1.96. The summed E-state index contributed by atoms with van der Waals surface area (Å²) in [5, 5.41) is 0. The molecular formula is C16H25N3O2. The average molecular weight is 291 g/mol.